The number of benzene rings is 9. The second kappa shape index (κ2) is 13.0. The third kappa shape index (κ3) is 4.94. The molecule has 9 aromatic carbocycles. The first-order valence-corrected chi connectivity index (χ1v) is 20.9. The minimum absolute atomic E-state index is 0.137. The van der Waals surface area contributed by atoms with Crippen LogP contribution in [-0.4, -0.2) is 0 Å². The topological polar surface area (TPSA) is 16.4 Å². The molecule has 2 aliphatic carbocycles. The van der Waals surface area contributed by atoms with Crippen LogP contribution >= 0.6 is 0 Å². The largest absolute Gasteiger partial charge is 0.456 e. The van der Waals surface area contributed by atoms with Crippen molar-refractivity contribution < 1.29 is 4.42 Å². The zero-order valence-electron chi connectivity index (χ0n) is 33.6. The molecular weight excluding hydrogens is 727 g/mol. The molecular formula is C58H41NO. The lowest BCUT2D eigenvalue weighted by molar-refractivity contribution is 0.563. The molecule has 0 radical (unpaired) electrons. The van der Waals surface area contributed by atoms with Crippen molar-refractivity contribution in [2.24, 2.45) is 0 Å². The average molecular weight is 768 g/mol. The van der Waals surface area contributed by atoms with Gasteiger partial charge in [0, 0.05) is 33.2 Å². The van der Waals surface area contributed by atoms with Gasteiger partial charge in [-0.05, 0) is 127 Å². The molecule has 60 heavy (non-hydrogen) atoms. The third-order valence-corrected chi connectivity index (χ3v) is 13.3. The van der Waals surface area contributed by atoms with Crippen molar-refractivity contribution >= 4 is 39.0 Å². The molecule has 2 heteroatoms. The maximum absolute atomic E-state index is 6.54. The predicted octanol–water partition coefficient (Wildman–Crippen LogP) is 15.4. The van der Waals surface area contributed by atoms with Crippen LogP contribution in [0.3, 0.4) is 0 Å². The molecule has 10 aromatic rings. The highest BCUT2D eigenvalue weighted by Crippen LogP contribution is 2.62. The first-order valence-electron chi connectivity index (χ1n) is 20.9. The highest BCUT2D eigenvalue weighted by molar-refractivity contribution is 6.08. The van der Waals surface area contributed by atoms with Gasteiger partial charge in [-0.3, -0.25) is 0 Å². The molecule has 0 saturated heterocycles. The van der Waals surface area contributed by atoms with E-state index in [1.54, 1.807) is 0 Å². The Morgan fingerprint density at radius 1 is 0.333 bits per heavy atom. The number of rotatable bonds is 5. The van der Waals surface area contributed by atoms with Gasteiger partial charge >= 0.3 is 0 Å². The molecule has 0 unspecified atom stereocenters. The van der Waals surface area contributed by atoms with Crippen LogP contribution in [0.4, 0.5) is 17.1 Å². The summed E-state index contributed by atoms with van der Waals surface area (Å²) in [5, 5.41) is 2.19. The number of para-hydroxylation sites is 1. The summed E-state index contributed by atoms with van der Waals surface area (Å²) in [6.45, 7) is 4.76. The molecule has 0 atom stereocenters. The van der Waals surface area contributed by atoms with E-state index < -0.39 is 5.41 Å². The molecule has 1 spiro atoms. The molecule has 0 aliphatic heterocycles. The number of fused-ring (bicyclic) bond motifs is 12. The third-order valence-electron chi connectivity index (χ3n) is 13.3. The normalized spacial score (nSPS) is 14.1. The van der Waals surface area contributed by atoms with Crippen molar-refractivity contribution in [1.29, 1.82) is 0 Å². The van der Waals surface area contributed by atoms with E-state index in [2.05, 4.69) is 231 Å². The first kappa shape index (κ1) is 34.6. The minimum atomic E-state index is -0.438. The molecule has 284 valence electrons. The fourth-order valence-corrected chi connectivity index (χ4v) is 10.6. The first-order chi connectivity index (χ1) is 29.5. The standard InChI is InChI=1S/C58H41NO/c1-57(2)50-21-11-13-23-52(50)58(53-24-14-12-22-51(53)57)49-20-10-9-19-45(49)46-32-27-41(36-54(46)58)40-28-33-55-47(35-40)48-37-44(31-34-56(48)60-55)59(42-17-7-4-8-18-42)43-29-25-39(26-30-43)38-15-5-3-6-16-38/h3-37H,1-2H3. The fraction of sp³-hybridized carbons (Fsp3) is 0.0690. The highest BCUT2D eigenvalue weighted by Gasteiger charge is 2.53. The van der Waals surface area contributed by atoms with E-state index in [9.17, 15) is 0 Å². The van der Waals surface area contributed by atoms with Crippen LogP contribution in [0.5, 0.6) is 0 Å². The molecule has 0 bridgehead atoms. The van der Waals surface area contributed by atoms with E-state index in [4.69, 9.17) is 4.42 Å². The lowest BCUT2D eigenvalue weighted by atomic mass is 9.55. The zero-order valence-corrected chi connectivity index (χ0v) is 33.6. The summed E-state index contributed by atoms with van der Waals surface area (Å²) in [4.78, 5) is 2.33. The Morgan fingerprint density at radius 3 is 1.50 bits per heavy atom. The number of nitrogens with zero attached hydrogens (tertiary/aromatic N) is 1. The molecule has 2 nitrogen and oxygen atoms in total. The summed E-state index contributed by atoms with van der Waals surface area (Å²) in [7, 11) is 0. The van der Waals surface area contributed by atoms with Crippen molar-refractivity contribution in [3.8, 4) is 33.4 Å². The van der Waals surface area contributed by atoms with Gasteiger partial charge in [-0.15, -0.1) is 0 Å². The molecule has 1 aromatic heterocycles. The van der Waals surface area contributed by atoms with Crippen molar-refractivity contribution in [3.05, 3.63) is 246 Å². The summed E-state index contributed by atoms with van der Waals surface area (Å²) >= 11 is 0. The van der Waals surface area contributed by atoms with E-state index in [-0.39, 0.29) is 5.41 Å². The van der Waals surface area contributed by atoms with Crippen LogP contribution in [0.15, 0.2) is 217 Å². The van der Waals surface area contributed by atoms with Crippen LogP contribution in [-0.2, 0) is 10.8 Å². The Balaban J connectivity index is 1.01. The summed E-state index contributed by atoms with van der Waals surface area (Å²) < 4.78 is 6.54. The van der Waals surface area contributed by atoms with Gasteiger partial charge in [0.1, 0.15) is 11.2 Å². The summed E-state index contributed by atoms with van der Waals surface area (Å²) in [6.07, 6.45) is 0. The van der Waals surface area contributed by atoms with Crippen molar-refractivity contribution in [2.75, 3.05) is 4.90 Å². The van der Waals surface area contributed by atoms with Gasteiger partial charge in [0.2, 0.25) is 0 Å². The van der Waals surface area contributed by atoms with Crippen LogP contribution in [0, 0.1) is 0 Å². The summed E-state index contributed by atoms with van der Waals surface area (Å²) in [6, 6.07) is 77.8. The van der Waals surface area contributed by atoms with Gasteiger partial charge in [-0.2, -0.15) is 0 Å². The molecule has 2 aliphatic rings. The van der Waals surface area contributed by atoms with E-state index in [0.717, 1.165) is 39.0 Å². The maximum atomic E-state index is 6.54. The highest BCUT2D eigenvalue weighted by atomic mass is 16.3. The molecule has 1 heterocycles. The van der Waals surface area contributed by atoms with Crippen molar-refractivity contribution in [2.45, 2.75) is 24.7 Å². The Labute approximate surface area is 350 Å². The van der Waals surface area contributed by atoms with Gasteiger partial charge < -0.3 is 9.32 Å². The van der Waals surface area contributed by atoms with Gasteiger partial charge in [0.05, 0.1) is 5.41 Å². The Kier molecular flexibility index (Phi) is 7.52. The van der Waals surface area contributed by atoms with Crippen LogP contribution in [0.25, 0.3) is 55.3 Å². The fourth-order valence-electron chi connectivity index (χ4n) is 10.6. The quantitative estimate of drug-likeness (QED) is 0.173. The predicted molar refractivity (Wildman–Crippen MR) is 249 cm³/mol. The number of hydrogen-bond donors (Lipinski definition) is 0. The molecule has 0 N–H and O–H groups in total. The van der Waals surface area contributed by atoms with Crippen LogP contribution in [0.1, 0.15) is 47.2 Å². The van der Waals surface area contributed by atoms with Crippen molar-refractivity contribution in [1.82, 2.24) is 0 Å². The summed E-state index contributed by atoms with van der Waals surface area (Å²) in [5.41, 5.74) is 20.0. The van der Waals surface area contributed by atoms with Gasteiger partial charge in [-0.1, -0.05) is 166 Å². The summed E-state index contributed by atoms with van der Waals surface area (Å²) in [5.74, 6) is 0. The Morgan fingerprint density at radius 2 is 0.800 bits per heavy atom. The SMILES string of the molecule is CC1(C)c2ccccc2C2(c3ccccc3-c3ccc(-c4ccc5oc6ccc(N(c7ccccc7)c7ccc(-c8ccccc8)cc7)cc6c5c4)cc32)c2ccccc21. The van der Waals surface area contributed by atoms with E-state index in [1.165, 1.54) is 66.8 Å². The van der Waals surface area contributed by atoms with Crippen LogP contribution in [0.2, 0.25) is 0 Å². The maximum Gasteiger partial charge on any atom is 0.135 e. The molecule has 0 fully saturated rings. The molecule has 12 rings (SSSR count). The number of furan rings is 1. The lowest BCUT2D eigenvalue weighted by Gasteiger charge is -2.46. The number of hydrogen-bond acceptors (Lipinski definition) is 2. The van der Waals surface area contributed by atoms with Crippen LogP contribution < -0.4 is 4.90 Å². The van der Waals surface area contributed by atoms with Gasteiger partial charge in [-0.25, -0.2) is 0 Å². The van der Waals surface area contributed by atoms with Crippen molar-refractivity contribution in [3.63, 3.8) is 0 Å². The monoisotopic (exact) mass is 767 g/mol. The second-order valence-electron chi connectivity index (χ2n) is 16.8. The van der Waals surface area contributed by atoms with E-state index >= 15 is 0 Å². The Bertz CT molecular complexity index is 3230. The smallest absolute Gasteiger partial charge is 0.135 e. The van der Waals surface area contributed by atoms with E-state index in [1.807, 2.05) is 0 Å². The average Bonchev–Trinajstić information content (AvgIpc) is 3.82. The molecule has 0 amide bonds. The molecule has 0 saturated carbocycles. The number of anilines is 3. The lowest BCUT2D eigenvalue weighted by Crippen LogP contribution is -2.40. The van der Waals surface area contributed by atoms with E-state index in [0.29, 0.717) is 0 Å². The van der Waals surface area contributed by atoms with Gasteiger partial charge in [0.15, 0.2) is 0 Å². The zero-order chi connectivity index (χ0) is 40.0. The second-order valence-corrected chi connectivity index (χ2v) is 16.8. The Hall–Kier alpha value is -7.42. The van der Waals surface area contributed by atoms with Gasteiger partial charge in [0.25, 0.3) is 0 Å². The minimum Gasteiger partial charge on any atom is -0.456 e.